The number of pyridine rings is 1. The number of hydrogen-bond acceptors (Lipinski definition) is 7. The van der Waals surface area contributed by atoms with E-state index in [-0.39, 0.29) is 33.4 Å². The summed E-state index contributed by atoms with van der Waals surface area (Å²) in [5.41, 5.74) is 3.34. The maximum Gasteiger partial charge on any atom is 0.409 e. The number of benzene rings is 2. The maximum atomic E-state index is 14.9. The van der Waals surface area contributed by atoms with Crippen LogP contribution in [0, 0.1) is 17.1 Å². The zero-order valence-electron chi connectivity index (χ0n) is 19.3. The van der Waals surface area contributed by atoms with Crippen LogP contribution < -0.4 is 10.1 Å². The summed E-state index contributed by atoms with van der Waals surface area (Å²) >= 11 is 7.87. The second-order valence-electron chi connectivity index (χ2n) is 8.78. The second-order valence-corrected chi connectivity index (χ2v) is 10.2. The number of hydrogen-bond donors (Lipinski definition) is 2. The van der Waals surface area contributed by atoms with Crippen molar-refractivity contribution in [2.75, 3.05) is 18.5 Å². The number of amides is 1. The fourth-order valence-corrected chi connectivity index (χ4v) is 6.41. The molecule has 0 bridgehead atoms. The summed E-state index contributed by atoms with van der Waals surface area (Å²) in [7, 11) is 0. The normalized spacial score (nSPS) is 16.7. The molecule has 2 aliphatic rings. The van der Waals surface area contributed by atoms with Gasteiger partial charge in [0.15, 0.2) is 0 Å². The summed E-state index contributed by atoms with van der Waals surface area (Å²) in [5.74, 6) is -0.161. The van der Waals surface area contributed by atoms with E-state index in [1.165, 1.54) is 6.07 Å². The molecular formula is C26H19ClFN3O5S. The summed E-state index contributed by atoms with van der Waals surface area (Å²) < 4.78 is 32.3. The Kier molecular flexibility index (Phi) is 6.09. The van der Waals surface area contributed by atoms with Crippen molar-refractivity contribution < 1.29 is 28.5 Å². The van der Waals surface area contributed by atoms with Crippen LogP contribution in [0.1, 0.15) is 29.5 Å². The number of anilines is 1. The maximum absolute atomic E-state index is 14.9. The minimum Gasteiger partial charge on any atom is -0.475 e. The van der Waals surface area contributed by atoms with Gasteiger partial charge in [-0.15, -0.1) is 11.3 Å². The van der Waals surface area contributed by atoms with Crippen LogP contribution in [0.2, 0.25) is 5.02 Å². The Morgan fingerprint density at radius 1 is 1.32 bits per heavy atom. The number of carboxylic acid groups (broad SMARTS) is 1. The lowest BCUT2D eigenvalue weighted by Crippen LogP contribution is -2.16. The van der Waals surface area contributed by atoms with E-state index in [0.29, 0.717) is 40.8 Å². The highest BCUT2D eigenvalue weighted by Gasteiger charge is 2.28. The minimum absolute atomic E-state index is 0.0288. The monoisotopic (exact) mass is 539 g/mol. The van der Waals surface area contributed by atoms with Gasteiger partial charge < -0.3 is 19.3 Å². The molecule has 0 aliphatic carbocycles. The van der Waals surface area contributed by atoms with Gasteiger partial charge in [0.2, 0.25) is 5.88 Å². The van der Waals surface area contributed by atoms with Crippen LogP contribution in [0.5, 0.6) is 5.88 Å². The van der Waals surface area contributed by atoms with Gasteiger partial charge in [-0.3, -0.25) is 5.32 Å². The van der Waals surface area contributed by atoms with Crippen molar-refractivity contribution >= 4 is 55.0 Å². The Morgan fingerprint density at radius 2 is 2.16 bits per heavy atom. The number of nitrogens with zero attached hydrogens (tertiary/aromatic N) is 2. The molecule has 0 saturated carbocycles. The van der Waals surface area contributed by atoms with Crippen LogP contribution in [0.3, 0.4) is 0 Å². The van der Waals surface area contributed by atoms with Gasteiger partial charge in [0.05, 0.1) is 40.1 Å². The van der Waals surface area contributed by atoms with Gasteiger partial charge in [0.1, 0.15) is 23.5 Å². The number of fused-ring (bicyclic) bond motifs is 4. The van der Waals surface area contributed by atoms with E-state index in [1.54, 1.807) is 12.1 Å². The molecule has 188 valence electrons. The molecule has 4 heterocycles. The van der Waals surface area contributed by atoms with Gasteiger partial charge >= 0.3 is 6.09 Å². The van der Waals surface area contributed by atoms with Crippen molar-refractivity contribution in [1.29, 1.82) is 5.26 Å². The lowest BCUT2D eigenvalue weighted by atomic mass is 9.91. The quantitative estimate of drug-likeness (QED) is 0.299. The first-order valence-corrected chi connectivity index (χ1v) is 12.8. The van der Waals surface area contributed by atoms with Crippen molar-refractivity contribution in [3.05, 3.63) is 51.8 Å². The first kappa shape index (κ1) is 23.9. The van der Waals surface area contributed by atoms with E-state index < -0.39 is 11.9 Å². The van der Waals surface area contributed by atoms with E-state index in [1.807, 2.05) is 12.1 Å². The summed E-state index contributed by atoms with van der Waals surface area (Å²) in [6, 6.07) is 8.57. The molecule has 37 heavy (non-hydrogen) atoms. The molecule has 1 atom stereocenters. The Hall–Kier alpha value is -3.49. The number of ether oxygens (including phenoxy) is 3. The molecule has 11 heteroatoms. The highest BCUT2D eigenvalue weighted by molar-refractivity contribution is 7.23. The van der Waals surface area contributed by atoms with E-state index in [9.17, 15) is 19.6 Å². The molecule has 1 fully saturated rings. The molecule has 2 aliphatic heterocycles. The molecule has 2 aromatic carbocycles. The number of thiophene rings is 1. The smallest absolute Gasteiger partial charge is 0.409 e. The predicted molar refractivity (Wildman–Crippen MR) is 137 cm³/mol. The molecule has 0 spiro atoms. The van der Waals surface area contributed by atoms with E-state index in [4.69, 9.17) is 30.8 Å². The number of halogens is 2. The average molecular weight is 540 g/mol. The SMILES string of the molecule is N#Cc1c(NC(=O)O)sc2c(F)ccc(-c3c4c(c5ccc(OC[C@H]6CCCO6)nc5c3Cl)COC4)c12. The molecule has 2 N–H and O–H groups in total. The number of carbonyl (C=O) groups is 1. The van der Waals surface area contributed by atoms with E-state index >= 15 is 0 Å². The van der Waals surface area contributed by atoms with Crippen LogP contribution >= 0.6 is 22.9 Å². The third-order valence-electron chi connectivity index (χ3n) is 6.61. The van der Waals surface area contributed by atoms with Crippen LogP contribution in [0.25, 0.3) is 32.1 Å². The molecular weight excluding hydrogens is 521 g/mol. The third kappa shape index (κ3) is 4.04. The Balaban J connectivity index is 1.56. The van der Waals surface area contributed by atoms with Crippen molar-refractivity contribution in [3.63, 3.8) is 0 Å². The van der Waals surface area contributed by atoms with Gasteiger partial charge in [-0.2, -0.15) is 5.26 Å². The lowest BCUT2D eigenvalue weighted by molar-refractivity contribution is 0.0664. The van der Waals surface area contributed by atoms with Crippen LogP contribution in [0.4, 0.5) is 14.2 Å². The molecule has 6 rings (SSSR count). The van der Waals surface area contributed by atoms with Crippen LogP contribution in [-0.2, 0) is 22.7 Å². The summed E-state index contributed by atoms with van der Waals surface area (Å²) in [5, 5.41) is 22.8. The van der Waals surface area contributed by atoms with E-state index in [0.717, 1.165) is 47.3 Å². The second kappa shape index (κ2) is 9.43. The highest BCUT2D eigenvalue weighted by atomic mass is 35.5. The first-order valence-electron chi connectivity index (χ1n) is 11.6. The molecule has 1 amide bonds. The number of aromatic nitrogens is 1. The largest absolute Gasteiger partial charge is 0.475 e. The molecule has 4 aromatic rings. The third-order valence-corrected chi connectivity index (χ3v) is 8.10. The predicted octanol–water partition coefficient (Wildman–Crippen LogP) is 6.46. The van der Waals surface area contributed by atoms with Crippen molar-refractivity contribution in [2.45, 2.75) is 32.2 Å². The average Bonchev–Trinajstić information content (AvgIpc) is 3.64. The Labute approximate surface area is 219 Å². The fraction of sp³-hybridized carbons (Fsp3) is 0.269. The van der Waals surface area contributed by atoms with Gasteiger partial charge in [0.25, 0.3) is 0 Å². The number of rotatable bonds is 5. The molecule has 0 radical (unpaired) electrons. The molecule has 1 saturated heterocycles. The molecule has 0 unspecified atom stereocenters. The van der Waals surface area contributed by atoms with E-state index in [2.05, 4.69) is 5.32 Å². The Bertz CT molecular complexity index is 1630. The first-order chi connectivity index (χ1) is 18.0. The van der Waals surface area contributed by atoms with Gasteiger partial charge in [-0.1, -0.05) is 17.7 Å². The standard InChI is InChI=1S/C26H19ClFN3O5S/c27-22-20(14-3-5-18(28)24-21(14)15(8-29)25(37-24)31-26(32)33)17-11-34-10-16(17)13-4-6-19(30-23(13)22)36-9-12-2-1-7-35-12/h3-6,12,31H,1-2,7,9-11H2,(H,32,33)/t12-/m1/s1. The van der Waals surface area contributed by atoms with Crippen molar-refractivity contribution in [1.82, 2.24) is 4.98 Å². The summed E-state index contributed by atoms with van der Waals surface area (Å²) in [6.45, 7) is 1.74. The van der Waals surface area contributed by atoms with Crippen molar-refractivity contribution in [2.24, 2.45) is 0 Å². The number of nitrogens with one attached hydrogen (secondary N) is 1. The molecule has 8 nitrogen and oxygen atoms in total. The fourth-order valence-electron chi connectivity index (χ4n) is 4.98. The van der Waals surface area contributed by atoms with Crippen LogP contribution in [-0.4, -0.2) is 35.5 Å². The van der Waals surface area contributed by atoms with Crippen LogP contribution in [0.15, 0.2) is 24.3 Å². The topological polar surface area (TPSA) is 114 Å². The van der Waals surface area contributed by atoms with Gasteiger partial charge in [-0.05, 0) is 41.7 Å². The molecule has 2 aromatic heterocycles. The van der Waals surface area contributed by atoms with Crippen molar-refractivity contribution in [3.8, 4) is 23.1 Å². The highest BCUT2D eigenvalue weighted by Crippen LogP contribution is 2.48. The lowest BCUT2D eigenvalue weighted by Gasteiger charge is -2.16. The zero-order chi connectivity index (χ0) is 25.7. The zero-order valence-corrected chi connectivity index (χ0v) is 20.8. The van der Waals surface area contributed by atoms with Gasteiger partial charge in [-0.25, -0.2) is 14.2 Å². The minimum atomic E-state index is -1.34. The summed E-state index contributed by atoms with van der Waals surface area (Å²) in [6.07, 6.45) is 0.623. The summed E-state index contributed by atoms with van der Waals surface area (Å²) in [4.78, 5) is 16.0. The number of nitriles is 1. The van der Waals surface area contributed by atoms with Gasteiger partial charge in [0, 0.05) is 29.0 Å². The Morgan fingerprint density at radius 3 is 2.92 bits per heavy atom.